The first-order chi connectivity index (χ1) is 10.4. The lowest BCUT2D eigenvalue weighted by molar-refractivity contribution is -0.145. The molecule has 0 saturated carbocycles. The summed E-state index contributed by atoms with van der Waals surface area (Å²) in [6, 6.07) is 4.98. The van der Waals surface area contributed by atoms with Crippen molar-refractivity contribution >= 4 is 69.5 Å². The molecule has 1 amide bonds. The molecule has 0 N–H and O–H groups in total. The highest BCUT2D eigenvalue weighted by atomic mass is 35.5. The fourth-order valence-electron chi connectivity index (χ4n) is 1.73. The Hall–Kier alpha value is -1.08. The van der Waals surface area contributed by atoms with Gasteiger partial charge in [-0.05, 0) is 30.7 Å². The Balaban J connectivity index is 2.20. The van der Waals surface area contributed by atoms with Gasteiger partial charge in [-0.1, -0.05) is 53.2 Å². The van der Waals surface area contributed by atoms with Gasteiger partial charge in [0.15, 0.2) is 0 Å². The van der Waals surface area contributed by atoms with E-state index in [9.17, 15) is 9.59 Å². The van der Waals surface area contributed by atoms with Crippen LogP contribution in [-0.2, 0) is 14.3 Å². The standard InChI is InChI=1S/C14H11Cl2NO3S2/c1-2-20-12(18)7-17-13(19)11(22-14(17)21)5-8-3-4-9(15)6-10(8)16/h3-6H,2,7H2,1H3/b11-5-. The maximum absolute atomic E-state index is 12.3. The zero-order chi connectivity index (χ0) is 16.3. The molecule has 0 atom stereocenters. The minimum atomic E-state index is -0.496. The third-order valence-electron chi connectivity index (χ3n) is 2.72. The van der Waals surface area contributed by atoms with Gasteiger partial charge in [0.2, 0.25) is 0 Å². The molecule has 2 rings (SSSR count). The van der Waals surface area contributed by atoms with Crippen LogP contribution in [0.4, 0.5) is 0 Å². The van der Waals surface area contributed by atoms with Gasteiger partial charge >= 0.3 is 5.97 Å². The number of halogens is 2. The van der Waals surface area contributed by atoms with Gasteiger partial charge in [-0.3, -0.25) is 14.5 Å². The number of carbonyl (C=O) groups is 2. The Morgan fingerprint density at radius 2 is 2.18 bits per heavy atom. The number of thioether (sulfide) groups is 1. The third kappa shape index (κ3) is 4.01. The minimum Gasteiger partial charge on any atom is -0.465 e. The Labute approximate surface area is 147 Å². The number of esters is 1. The molecule has 0 radical (unpaired) electrons. The highest BCUT2D eigenvalue weighted by molar-refractivity contribution is 8.26. The van der Waals surface area contributed by atoms with Crippen LogP contribution in [-0.4, -0.2) is 34.2 Å². The molecule has 1 heterocycles. The van der Waals surface area contributed by atoms with E-state index in [-0.39, 0.29) is 19.1 Å². The van der Waals surface area contributed by atoms with Crippen molar-refractivity contribution in [2.24, 2.45) is 0 Å². The van der Waals surface area contributed by atoms with E-state index in [1.807, 2.05) is 0 Å². The molecule has 0 unspecified atom stereocenters. The summed E-state index contributed by atoms with van der Waals surface area (Å²) in [5.41, 5.74) is 0.655. The molecule has 22 heavy (non-hydrogen) atoms. The summed E-state index contributed by atoms with van der Waals surface area (Å²) < 4.78 is 5.14. The summed E-state index contributed by atoms with van der Waals surface area (Å²) in [5.74, 6) is -0.835. The van der Waals surface area contributed by atoms with Crippen LogP contribution in [0, 0.1) is 0 Å². The SMILES string of the molecule is CCOC(=O)CN1C(=O)/C(=C/c2ccc(Cl)cc2Cl)SC1=S. The summed E-state index contributed by atoms with van der Waals surface area (Å²) in [6.45, 7) is 1.76. The number of nitrogens with zero attached hydrogens (tertiary/aromatic N) is 1. The molecule has 1 aromatic carbocycles. The number of ether oxygens (including phenoxy) is 1. The quantitative estimate of drug-likeness (QED) is 0.455. The number of hydrogen-bond donors (Lipinski definition) is 0. The highest BCUT2D eigenvalue weighted by Crippen LogP contribution is 2.34. The van der Waals surface area contributed by atoms with Gasteiger partial charge in [0, 0.05) is 10.0 Å². The van der Waals surface area contributed by atoms with Gasteiger partial charge in [-0.15, -0.1) is 0 Å². The topological polar surface area (TPSA) is 46.6 Å². The molecule has 1 saturated heterocycles. The van der Waals surface area contributed by atoms with Crippen molar-refractivity contribution in [3.05, 3.63) is 38.7 Å². The summed E-state index contributed by atoms with van der Waals surface area (Å²) in [6.07, 6.45) is 1.63. The zero-order valence-corrected chi connectivity index (χ0v) is 14.6. The minimum absolute atomic E-state index is 0.190. The first-order valence-corrected chi connectivity index (χ1v) is 8.26. The third-order valence-corrected chi connectivity index (χ3v) is 4.66. The van der Waals surface area contributed by atoms with Gasteiger partial charge < -0.3 is 4.74 Å². The van der Waals surface area contributed by atoms with Crippen LogP contribution in [0.15, 0.2) is 23.1 Å². The molecular weight excluding hydrogens is 365 g/mol. The molecule has 0 aromatic heterocycles. The molecule has 8 heteroatoms. The number of amides is 1. The molecule has 1 aromatic rings. The summed E-state index contributed by atoms with van der Waals surface area (Å²) in [4.78, 5) is 25.4. The van der Waals surface area contributed by atoms with Crippen LogP contribution in [0.2, 0.25) is 10.0 Å². The smallest absolute Gasteiger partial charge is 0.326 e. The second kappa shape index (κ2) is 7.46. The van der Waals surface area contributed by atoms with Gasteiger partial charge in [0.25, 0.3) is 5.91 Å². The van der Waals surface area contributed by atoms with Crippen LogP contribution in [0.25, 0.3) is 6.08 Å². The normalized spacial score (nSPS) is 16.5. The van der Waals surface area contributed by atoms with Crippen LogP contribution >= 0.6 is 47.2 Å². The maximum Gasteiger partial charge on any atom is 0.326 e. The molecule has 0 spiro atoms. The van der Waals surface area contributed by atoms with E-state index in [0.717, 1.165) is 11.8 Å². The van der Waals surface area contributed by atoms with Gasteiger partial charge in [-0.2, -0.15) is 0 Å². The zero-order valence-electron chi connectivity index (χ0n) is 11.5. The Kier molecular flexibility index (Phi) is 5.86. The first kappa shape index (κ1) is 17.3. The molecular formula is C14H11Cl2NO3S2. The molecule has 0 aliphatic carbocycles. The van der Waals surface area contributed by atoms with E-state index in [0.29, 0.717) is 24.8 Å². The van der Waals surface area contributed by atoms with Crippen molar-refractivity contribution < 1.29 is 14.3 Å². The van der Waals surface area contributed by atoms with Crippen LogP contribution in [0.3, 0.4) is 0 Å². The van der Waals surface area contributed by atoms with Crippen molar-refractivity contribution in [1.82, 2.24) is 4.90 Å². The van der Waals surface area contributed by atoms with Crippen molar-refractivity contribution in [2.45, 2.75) is 6.92 Å². The van der Waals surface area contributed by atoms with Crippen molar-refractivity contribution in [1.29, 1.82) is 0 Å². The summed E-state index contributed by atoms with van der Waals surface area (Å²) in [5, 5.41) is 0.945. The number of hydrogen-bond acceptors (Lipinski definition) is 5. The Morgan fingerprint density at radius 1 is 1.45 bits per heavy atom. The second-order valence-corrected chi connectivity index (χ2v) is 6.76. The molecule has 1 aliphatic heterocycles. The van der Waals surface area contributed by atoms with Crippen molar-refractivity contribution in [2.75, 3.05) is 13.2 Å². The molecule has 0 bridgehead atoms. The van der Waals surface area contributed by atoms with Crippen molar-refractivity contribution in [3.63, 3.8) is 0 Å². The first-order valence-electron chi connectivity index (χ1n) is 6.28. The number of thiocarbonyl (C=S) groups is 1. The monoisotopic (exact) mass is 375 g/mol. The van der Waals surface area contributed by atoms with E-state index in [2.05, 4.69) is 0 Å². The van der Waals surface area contributed by atoms with Gasteiger partial charge in [0.05, 0.1) is 11.5 Å². The number of benzene rings is 1. The Morgan fingerprint density at radius 3 is 2.82 bits per heavy atom. The maximum atomic E-state index is 12.3. The van der Waals surface area contributed by atoms with E-state index in [1.165, 1.54) is 4.90 Å². The summed E-state index contributed by atoms with van der Waals surface area (Å²) in [7, 11) is 0. The molecule has 1 fully saturated rings. The van der Waals surface area contributed by atoms with Crippen LogP contribution < -0.4 is 0 Å². The van der Waals surface area contributed by atoms with Crippen molar-refractivity contribution in [3.8, 4) is 0 Å². The predicted molar refractivity (Wildman–Crippen MR) is 93.0 cm³/mol. The highest BCUT2D eigenvalue weighted by Gasteiger charge is 2.33. The average molecular weight is 376 g/mol. The largest absolute Gasteiger partial charge is 0.465 e. The van der Waals surface area contributed by atoms with E-state index >= 15 is 0 Å². The van der Waals surface area contributed by atoms with Crippen LogP contribution in [0.5, 0.6) is 0 Å². The van der Waals surface area contributed by atoms with E-state index in [4.69, 9.17) is 40.2 Å². The van der Waals surface area contributed by atoms with E-state index in [1.54, 1.807) is 31.2 Å². The second-order valence-electron chi connectivity index (χ2n) is 4.24. The lowest BCUT2D eigenvalue weighted by atomic mass is 10.2. The average Bonchev–Trinajstić information content (AvgIpc) is 2.70. The van der Waals surface area contributed by atoms with Gasteiger partial charge in [0.1, 0.15) is 10.9 Å². The molecule has 4 nitrogen and oxygen atoms in total. The lowest BCUT2D eigenvalue weighted by Crippen LogP contribution is -2.34. The number of rotatable bonds is 4. The predicted octanol–water partition coefficient (Wildman–Crippen LogP) is 3.76. The fourth-order valence-corrected chi connectivity index (χ4v) is 3.44. The lowest BCUT2D eigenvalue weighted by Gasteiger charge is -2.12. The van der Waals surface area contributed by atoms with E-state index < -0.39 is 5.97 Å². The number of carbonyl (C=O) groups excluding carboxylic acids is 2. The fraction of sp³-hybridized carbons (Fsp3) is 0.214. The Bertz CT molecular complexity index is 676. The molecule has 1 aliphatic rings. The molecule has 116 valence electrons. The van der Waals surface area contributed by atoms with Gasteiger partial charge in [-0.25, -0.2) is 0 Å². The van der Waals surface area contributed by atoms with Crippen LogP contribution in [0.1, 0.15) is 12.5 Å². The summed E-state index contributed by atoms with van der Waals surface area (Å²) >= 11 is 18.2.